The highest BCUT2D eigenvalue weighted by atomic mass is 16.6. The molecule has 1 heterocycles. The highest BCUT2D eigenvalue weighted by Gasteiger charge is 2.05. The number of nitro groups is 1. The maximum Gasteiger partial charge on any atom is 0.410 e. The Labute approximate surface area is 107 Å². The lowest BCUT2D eigenvalue weighted by Gasteiger charge is -2.05. The quantitative estimate of drug-likeness (QED) is 0.650. The van der Waals surface area contributed by atoms with Gasteiger partial charge in [0.05, 0.1) is 4.92 Å². The van der Waals surface area contributed by atoms with Crippen LogP contribution in [0.15, 0.2) is 36.7 Å². The summed E-state index contributed by atoms with van der Waals surface area (Å²) in [6.07, 6.45) is 2.48. The number of amides is 1. The molecule has 0 saturated heterocycles. The molecule has 0 aliphatic rings. The van der Waals surface area contributed by atoms with E-state index in [-0.39, 0.29) is 5.82 Å². The first-order valence-corrected chi connectivity index (χ1v) is 5.26. The first-order valence-electron chi connectivity index (χ1n) is 5.26. The molecule has 1 aromatic carbocycles. The molecule has 0 aliphatic carbocycles. The molecule has 2 aromatic rings. The maximum atomic E-state index is 10.6. The largest absolute Gasteiger partial charge is 0.465 e. The molecule has 0 unspecified atom stereocenters. The van der Waals surface area contributed by atoms with Gasteiger partial charge in [-0.15, -0.1) is 0 Å². The van der Waals surface area contributed by atoms with Crippen molar-refractivity contribution in [1.82, 2.24) is 4.98 Å². The van der Waals surface area contributed by atoms with Crippen LogP contribution in [0.5, 0.6) is 0 Å². The molecule has 19 heavy (non-hydrogen) atoms. The Balaban J connectivity index is 2.44. The topological polar surface area (TPSA) is 105 Å². The number of benzene rings is 1. The lowest BCUT2D eigenvalue weighted by Crippen LogP contribution is -2.08. The first kappa shape index (κ1) is 12.5. The summed E-state index contributed by atoms with van der Waals surface area (Å²) in [7, 11) is 0. The zero-order chi connectivity index (χ0) is 13.8. The van der Waals surface area contributed by atoms with Crippen molar-refractivity contribution in [2.24, 2.45) is 0 Å². The Morgan fingerprint density at radius 3 is 2.89 bits per heavy atom. The van der Waals surface area contributed by atoms with E-state index in [0.29, 0.717) is 10.9 Å². The number of hydrogen-bond donors (Lipinski definition) is 2. The van der Waals surface area contributed by atoms with Crippen molar-refractivity contribution in [3.05, 3.63) is 52.3 Å². The van der Waals surface area contributed by atoms with Gasteiger partial charge in [-0.2, -0.15) is 0 Å². The molecule has 1 amide bonds. The minimum atomic E-state index is -1.20. The molecular weight excluding hydrogens is 250 g/mol. The SMILES string of the molecule is O=C(O)Nc1nccc2cc(/C=C/[N+](=O)[O-])ccc12. The van der Waals surface area contributed by atoms with Gasteiger partial charge in [-0.3, -0.25) is 15.4 Å². The van der Waals surface area contributed by atoms with Gasteiger partial charge < -0.3 is 5.11 Å². The normalized spacial score (nSPS) is 10.7. The third kappa shape index (κ3) is 3.03. The van der Waals surface area contributed by atoms with Crippen LogP contribution in [-0.4, -0.2) is 21.1 Å². The van der Waals surface area contributed by atoms with E-state index < -0.39 is 11.0 Å². The highest BCUT2D eigenvalue weighted by Crippen LogP contribution is 2.22. The molecule has 2 rings (SSSR count). The number of carboxylic acid groups (broad SMARTS) is 1. The number of nitrogens with one attached hydrogen (secondary N) is 1. The summed E-state index contributed by atoms with van der Waals surface area (Å²) in [6.45, 7) is 0. The number of fused-ring (bicyclic) bond motifs is 1. The van der Waals surface area contributed by atoms with Gasteiger partial charge in [0, 0.05) is 17.7 Å². The van der Waals surface area contributed by atoms with Gasteiger partial charge in [0.1, 0.15) is 5.82 Å². The summed E-state index contributed by atoms with van der Waals surface area (Å²) >= 11 is 0. The average Bonchev–Trinajstić information content (AvgIpc) is 2.35. The predicted octanol–water partition coefficient (Wildman–Crippen LogP) is 2.57. The second-order valence-electron chi connectivity index (χ2n) is 3.67. The molecule has 1 aromatic heterocycles. The van der Waals surface area contributed by atoms with E-state index in [1.54, 1.807) is 24.3 Å². The van der Waals surface area contributed by atoms with Crippen LogP contribution in [0.25, 0.3) is 16.8 Å². The Bertz CT molecular complexity index is 682. The summed E-state index contributed by atoms with van der Waals surface area (Å²) in [5.74, 6) is 0.231. The fraction of sp³-hybridized carbons (Fsp3) is 0. The van der Waals surface area contributed by atoms with E-state index in [1.807, 2.05) is 0 Å². The standard InChI is InChI=1S/C12H9N3O4/c16-12(17)14-11-10-2-1-8(4-6-15(18)19)7-9(10)3-5-13-11/h1-7H,(H,13,14)(H,16,17)/b6-4+. The van der Waals surface area contributed by atoms with Crippen LogP contribution < -0.4 is 5.32 Å². The smallest absolute Gasteiger partial charge is 0.410 e. The number of pyridine rings is 1. The molecule has 96 valence electrons. The van der Waals surface area contributed by atoms with Gasteiger partial charge in [0.2, 0.25) is 6.20 Å². The molecule has 0 atom stereocenters. The number of rotatable bonds is 3. The van der Waals surface area contributed by atoms with Gasteiger partial charge in [-0.25, -0.2) is 9.78 Å². The second-order valence-corrected chi connectivity index (χ2v) is 3.67. The zero-order valence-electron chi connectivity index (χ0n) is 9.61. The second kappa shape index (κ2) is 5.13. The predicted molar refractivity (Wildman–Crippen MR) is 69.4 cm³/mol. The van der Waals surface area contributed by atoms with E-state index in [4.69, 9.17) is 5.11 Å². The third-order valence-corrected chi connectivity index (χ3v) is 2.40. The summed E-state index contributed by atoms with van der Waals surface area (Å²) < 4.78 is 0. The molecule has 7 heteroatoms. The summed E-state index contributed by atoms with van der Waals surface area (Å²) in [5.41, 5.74) is 0.650. The number of nitrogens with zero attached hydrogens (tertiary/aromatic N) is 2. The van der Waals surface area contributed by atoms with E-state index >= 15 is 0 Å². The molecule has 0 spiro atoms. The van der Waals surface area contributed by atoms with Gasteiger partial charge >= 0.3 is 6.09 Å². The zero-order valence-corrected chi connectivity index (χ0v) is 9.61. The molecule has 0 aliphatic heterocycles. The van der Waals surface area contributed by atoms with Gasteiger partial charge in [0.25, 0.3) is 0 Å². The minimum Gasteiger partial charge on any atom is -0.465 e. The average molecular weight is 259 g/mol. The number of aromatic nitrogens is 1. The van der Waals surface area contributed by atoms with Crippen LogP contribution in [0, 0.1) is 10.1 Å². The highest BCUT2D eigenvalue weighted by molar-refractivity contribution is 5.98. The van der Waals surface area contributed by atoms with Crippen LogP contribution in [0.1, 0.15) is 5.56 Å². The Hall–Kier alpha value is -2.96. The van der Waals surface area contributed by atoms with Crippen molar-refractivity contribution in [2.75, 3.05) is 5.32 Å². The number of carbonyl (C=O) groups is 1. The van der Waals surface area contributed by atoms with Gasteiger partial charge in [-0.05, 0) is 23.1 Å². The van der Waals surface area contributed by atoms with E-state index in [2.05, 4.69) is 10.3 Å². The molecule has 0 saturated carbocycles. The van der Waals surface area contributed by atoms with Crippen molar-refractivity contribution in [1.29, 1.82) is 0 Å². The Morgan fingerprint density at radius 2 is 2.21 bits per heavy atom. The summed E-state index contributed by atoms with van der Waals surface area (Å²) in [6, 6.07) is 6.72. The maximum absolute atomic E-state index is 10.6. The van der Waals surface area contributed by atoms with Gasteiger partial charge in [-0.1, -0.05) is 12.1 Å². The van der Waals surface area contributed by atoms with Crippen molar-refractivity contribution in [2.45, 2.75) is 0 Å². The van der Waals surface area contributed by atoms with Crippen LogP contribution >= 0.6 is 0 Å². The molecule has 0 fully saturated rings. The first-order chi connectivity index (χ1) is 9.06. The lowest BCUT2D eigenvalue weighted by atomic mass is 10.1. The summed E-state index contributed by atoms with van der Waals surface area (Å²) in [5, 5.41) is 22.5. The fourth-order valence-electron chi connectivity index (χ4n) is 1.65. The van der Waals surface area contributed by atoms with Crippen molar-refractivity contribution in [3.8, 4) is 0 Å². The van der Waals surface area contributed by atoms with E-state index in [0.717, 1.165) is 11.6 Å². The van der Waals surface area contributed by atoms with E-state index in [1.165, 1.54) is 12.3 Å². The Morgan fingerprint density at radius 1 is 1.42 bits per heavy atom. The van der Waals surface area contributed by atoms with Crippen molar-refractivity contribution >= 4 is 28.8 Å². The number of hydrogen-bond acceptors (Lipinski definition) is 4. The van der Waals surface area contributed by atoms with E-state index in [9.17, 15) is 14.9 Å². The third-order valence-electron chi connectivity index (χ3n) is 2.40. The van der Waals surface area contributed by atoms with Crippen molar-refractivity contribution < 1.29 is 14.8 Å². The Kier molecular flexibility index (Phi) is 3.37. The fourth-order valence-corrected chi connectivity index (χ4v) is 1.65. The number of anilines is 1. The molecular formula is C12H9N3O4. The van der Waals surface area contributed by atoms with Crippen LogP contribution in [0.2, 0.25) is 0 Å². The van der Waals surface area contributed by atoms with Crippen molar-refractivity contribution in [3.63, 3.8) is 0 Å². The van der Waals surface area contributed by atoms with Crippen LogP contribution in [0.3, 0.4) is 0 Å². The molecule has 0 bridgehead atoms. The molecule has 2 N–H and O–H groups in total. The van der Waals surface area contributed by atoms with Crippen LogP contribution in [0.4, 0.5) is 10.6 Å². The monoisotopic (exact) mass is 259 g/mol. The van der Waals surface area contributed by atoms with Gasteiger partial charge in [0.15, 0.2) is 0 Å². The minimum absolute atomic E-state index is 0.231. The summed E-state index contributed by atoms with van der Waals surface area (Å²) in [4.78, 5) is 24.2. The molecule has 0 radical (unpaired) electrons. The lowest BCUT2D eigenvalue weighted by molar-refractivity contribution is -0.400. The molecule has 7 nitrogen and oxygen atoms in total. The van der Waals surface area contributed by atoms with Crippen LogP contribution in [-0.2, 0) is 0 Å².